The highest BCUT2D eigenvalue weighted by atomic mass is 16.5. The summed E-state index contributed by atoms with van der Waals surface area (Å²) in [6.45, 7) is 2.17. The van der Waals surface area contributed by atoms with Crippen molar-refractivity contribution in [3.63, 3.8) is 0 Å². The smallest absolute Gasteiger partial charge is 0.203 e. The Morgan fingerprint density at radius 3 is 2.73 bits per heavy atom. The second-order valence-electron chi connectivity index (χ2n) is 4.18. The van der Waals surface area contributed by atoms with Gasteiger partial charge in [0.05, 0.1) is 7.11 Å². The number of nitrogens with one attached hydrogen (secondary N) is 1. The van der Waals surface area contributed by atoms with E-state index in [0.717, 1.165) is 12.8 Å². The summed E-state index contributed by atoms with van der Waals surface area (Å²) in [7, 11) is 1.57. The molecule has 15 heavy (non-hydrogen) atoms. The molecule has 1 aromatic rings. The second-order valence-corrected chi connectivity index (χ2v) is 4.18. The third-order valence-corrected chi connectivity index (χ3v) is 2.91. The maximum atomic E-state index is 5.69. The normalized spacial score (nSPS) is 18.0. The predicted molar refractivity (Wildman–Crippen MR) is 58.9 cm³/mol. The molecule has 1 aliphatic carbocycles. The Kier molecular flexibility index (Phi) is 2.38. The fourth-order valence-corrected chi connectivity index (χ4v) is 1.80. The highest BCUT2D eigenvalue weighted by Gasteiger charge is 2.32. The van der Waals surface area contributed by atoms with E-state index >= 15 is 0 Å². The van der Waals surface area contributed by atoms with Gasteiger partial charge in [-0.1, -0.05) is 0 Å². The van der Waals surface area contributed by atoms with Gasteiger partial charge in [-0.05, 0) is 26.2 Å². The van der Waals surface area contributed by atoms with Crippen molar-refractivity contribution in [2.45, 2.75) is 31.7 Å². The fraction of sp³-hybridized carbons (Fsp3) is 0.600. The molecule has 0 spiro atoms. The molecule has 3 N–H and O–H groups in total. The van der Waals surface area contributed by atoms with Gasteiger partial charge in [0.1, 0.15) is 6.33 Å². The van der Waals surface area contributed by atoms with Crippen molar-refractivity contribution in [3.8, 4) is 5.75 Å². The molecule has 2 rings (SSSR count). The Hall–Kier alpha value is -1.52. The van der Waals surface area contributed by atoms with Crippen LogP contribution in [0.25, 0.3) is 0 Å². The van der Waals surface area contributed by atoms with Gasteiger partial charge in [-0.15, -0.1) is 0 Å². The molecule has 1 aromatic heterocycles. The molecule has 1 heterocycles. The summed E-state index contributed by atoms with van der Waals surface area (Å²) < 4.78 is 5.18. The van der Waals surface area contributed by atoms with Crippen LogP contribution in [0.4, 0.5) is 11.6 Å². The van der Waals surface area contributed by atoms with Crippen LogP contribution in [0.1, 0.15) is 26.2 Å². The molecule has 0 radical (unpaired) electrons. The Balaban J connectivity index is 2.23. The molecular weight excluding hydrogens is 192 g/mol. The average molecular weight is 208 g/mol. The molecule has 1 saturated carbocycles. The number of nitrogen functional groups attached to an aromatic ring is 1. The third kappa shape index (κ3) is 1.82. The minimum absolute atomic E-state index is 0.133. The standard InChI is InChI=1S/C10H16N4O/c1-10(4-3-5-10)14-9-7(15-2)8(11)12-6-13-9/h6H,3-5H2,1-2H3,(H3,11,12,13,14). The number of aromatic nitrogens is 2. The summed E-state index contributed by atoms with van der Waals surface area (Å²) >= 11 is 0. The molecule has 1 fully saturated rings. The van der Waals surface area contributed by atoms with E-state index in [1.807, 2.05) is 0 Å². The minimum Gasteiger partial charge on any atom is -0.490 e. The van der Waals surface area contributed by atoms with Gasteiger partial charge in [-0.25, -0.2) is 9.97 Å². The largest absolute Gasteiger partial charge is 0.490 e. The lowest BCUT2D eigenvalue weighted by atomic mass is 9.78. The monoisotopic (exact) mass is 208 g/mol. The molecule has 0 amide bonds. The van der Waals surface area contributed by atoms with Gasteiger partial charge in [0.2, 0.25) is 5.75 Å². The zero-order chi connectivity index (χ0) is 10.9. The van der Waals surface area contributed by atoms with E-state index in [1.165, 1.54) is 12.7 Å². The first-order chi connectivity index (χ1) is 7.14. The van der Waals surface area contributed by atoms with E-state index in [-0.39, 0.29) is 5.54 Å². The van der Waals surface area contributed by atoms with Gasteiger partial charge in [0, 0.05) is 5.54 Å². The number of rotatable bonds is 3. The average Bonchev–Trinajstić information content (AvgIpc) is 2.16. The number of ether oxygens (including phenoxy) is 1. The fourth-order valence-electron chi connectivity index (χ4n) is 1.80. The molecule has 5 heteroatoms. The van der Waals surface area contributed by atoms with E-state index in [2.05, 4.69) is 22.2 Å². The highest BCUT2D eigenvalue weighted by molar-refractivity contribution is 5.62. The molecule has 1 aliphatic rings. The van der Waals surface area contributed by atoms with E-state index in [0.29, 0.717) is 17.4 Å². The van der Waals surface area contributed by atoms with Crippen LogP contribution in [0.5, 0.6) is 5.75 Å². The Bertz CT molecular complexity index is 362. The summed E-state index contributed by atoms with van der Waals surface area (Å²) in [4.78, 5) is 8.04. The van der Waals surface area contributed by atoms with Crippen molar-refractivity contribution in [2.75, 3.05) is 18.2 Å². The van der Waals surface area contributed by atoms with Crippen LogP contribution >= 0.6 is 0 Å². The summed E-state index contributed by atoms with van der Waals surface area (Å²) in [5.74, 6) is 1.59. The van der Waals surface area contributed by atoms with Crippen molar-refractivity contribution in [3.05, 3.63) is 6.33 Å². The molecule has 0 unspecified atom stereocenters. The van der Waals surface area contributed by atoms with Gasteiger partial charge < -0.3 is 15.8 Å². The molecule has 0 aliphatic heterocycles. The number of hydrogen-bond acceptors (Lipinski definition) is 5. The lowest BCUT2D eigenvalue weighted by Gasteiger charge is -2.39. The number of anilines is 2. The SMILES string of the molecule is COc1c(N)ncnc1NC1(C)CCC1. The van der Waals surface area contributed by atoms with Crippen molar-refractivity contribution < 1.29 is 4.74 Å². The number of nitrogens with two attached hydrogens (primary N) is 1. The number of nitrogens with zero attached hydrogens (tertiary/aromatic N) is 2. The summed E-state index contributed by atoms with van der Waals surface area (Å²) in [5.41, 5.74) is 5.83. The molecule has 0 atom stereocenters. The van der Waals surface area contributed by atoms with Crippen molar-refractivity contribution in [2.24, 2.45) is 0 Å². The Labute approximate surface area is 89.1 Å². The molecule has 82 valence electrons. The minimum atomic E-state index is 0.133. The van der Waals surface area contributed by atoms with E-state index in [4.69, 9.17) is 10.5 Å². The first-order valence-electron chi connectivity index (χ1n) is 5.07. The Morgan fingerprint density at radius 2 is 2.20 bits per heavy atom. The molecule has 0 aromatic carbocycles. The van der Waals surface area contributed by atoms with Gasteiger partial charge in [-0.3, -0.25) is 0 Å². The van der Waals surface area contributed by atoms with Crippen LogP contribution in [0.3, 0.4) is 0 Å². The van der Waals surface area contributed by atoms with Crippen LogP contribution in [0.2, 0.25) is 0 Å². The lowest BCUT2D eigenvalue weighted by molar-refractivity contribution is 0.303. The van der Waals surface area contributed by atoms with Gasteiger partial charge >= 0.3 is 0 Å². The van der Waals surface area contributed by atoms with E-state index in [1.54, 1.807) is 7.11 Å². The van der Waals surface area contributed by atoms with Crippen molar-refractivity contribution >= 4 is 11.6 Å². The third-order valence-electron chi connectivity index (χ3n) is 2.91. The summed E-state index contributed by atoms with van der Waals surface area (Å²) in [5, 5.41) is 3.36. The quantitative estimate of drug-likeness (QED) is 0.786. The van der Waals surface area contributed by atoms with Crippen molar-refractivity contribution in [1.82, 2.24) is 9.97 Å². The zero-order valence-electron chi connectivity index (χ0n) is 9.08. The van der Waals surface area contributed by atoms with Gasteiger partial charge in [-0.2, -0.15) is 0 Å². The predicted octanol–water partition coefficient (Wildman–Crippen LogP) is 1.42. The van der Waals surface area contributed by atoms with Crippen LogP contribution in [-0.4, -0.2) is 22.6 Å². The van der Waals surface area contributed by atoms with Crippen LogP contribution in [-0.2, 0) is 0 Å². The summed E-state index contributed by atoms with van der Waals surface area (Å²) in [6.07, 6.45) is 5.01. The molecule has 0 saturated heterocycles. The number of hydrogen-bond donors (Lipinski definition) is 2. The first-order valence-corrected chi connectivity index (χ1v) is 5.07. The maximum absolute atomic E-state index is 5.69. The van der Waals surface area contributed by atoms with Gasteiger partial charge in [0.15, 0.2) is 11.6 Å². The van der Waals surface area contributed by atoms with Gasteiger partial charge in [0.25, 0.3) is 0 Å². The highest BCUT2D eigenvalue weighted by Crippen LogP contribution is 2.37. The molecular formula is C10H16N4O. The maximum Gasteiger partial charge on any atom is 0.203 e. The lowest BCUT2D eigenvalue weighted by Crippen LogP contribution is -2.42. The summed E-state index contributed by atoms with van der Waals surface area (Å²) in [6, 6.07) is 0. The van der Waals surface area contributed by atoms with E-state index < -0.39 is 0 Å². The molecule has 0 bridgehead atoms. The topological polar surface area (TPSA) is 73.1 Å². The zero-order valence-corrected chi connectivity index (χ0v) is 9.08. The Morgan fingerprint density at radius 1 is 1.47 bits per heavy atom. The second kappa shape index (κ2) is 3.56. The van der Waals surface area contributed by atoms with E-state index in [9.17, 15) is 0 Å². The first kappa shape index (κ1) is 10.0. The van der Waals surface area contributed by atoms with Crippen LogP contribution in [0.15, 0.2) is 6.33 Å². The van der Waals surface area contributed by atoms with Crippen LogP contribution in [0, 0.1) is 0 Å². The number of methoxy groups -OCH3 is 1. The van der Waals surface area contributed by atoms with Crippen molar-refractivity contribution in [1.29, 1.82) is 0 Å². The molecule has 5 nitrogen and oxygen atoms in total. The van der Waals surface area contributed by atoms with Crippen LogP contribution < -0.4 is 15.8 Å².